The number of carboxylic acids is 1. The Bertz CT molecular complexity index is 543. The lowest BCUT2D eigenvalue weighted by Gasteiger charge is -2.13. The normalized spacial score (nSPS) is 11.4. The second-order valence-corrected chi connectivity index (χ2v) is 3.82. The summed E-state index contributed by atoms with van der Waals surface area (Å²) in [5.74, 6) is -2.57. The number of hydrogen-bond acceptors (Lipinski definition) is 6. The van der Waals surface area contributed by atoms with Crippen molar-refractivity contribution in [2.45, 2.75) is 18.9 Å². The Morgan fingerprint density at radius 1 is 1.40 bits per heavy atom. The maximum atomic E-state index is 11.7. The van der Waals surface area contributed by atoms with Gasteiger partial charge in [0.1, 0.15) is 12.3 Å². The number of carbonyl (C=O) groups excluding carboxylic acids is 2. The van der Waals surface area contributed by atoms with Crippen LogP contribution in [0.25, 0.3) is 0 Å². The van der Waals surface area contributed by atoms with Gasteiger partial charge in [0.05, 0.1) is 12.7 Å². The smallest absolute Gasteiger partial charge is 0.335 e. The first kappa shape index (κ1) is 15.4. The van der Waals surface area contributed by atoms with Gasteiger partial charge in [0, 0.05) is 12.5 Å². The largest absolute Gasteiger partial charge is 0.480 e. The first-order chi connectivity index (χ1) is 9.43. The molecule has 108 valence electrons. The lowest BCUT2D eigenvalue weighted by Crippen LogP contribution is -2.41. The van der Waals surface area contributed by atoms with Crippen LogP contribution in [0.2, 0.25) is 0 Å². The molecule has 1 atom stereocenters. The van der Waals surface area contributed by atoms with Gasteiger partial charge in [-0.25, -0.2) is 9.59 Å². The molecule has 0 radical (unpaired) electrons. The number of hydrogen-bond donors (Lipinski definition) is 2. The van der Waals surface area contributed by atoms with Crippen molar-refractivity contribution in [2.75, 3.05) is 7.11 Å². The van der Waals surface area contributed by atoms with Crippen molar-refractivity contribution >= 4 is 17.8 Å². The molecule has 1 aromatic rings. The van der Waals surface area contributed by atoms with Crippen LogP contribution in [0.4, 0.5) is 0 Å². The van der Waals surface area contributed by atoms with Crippen molar-refractivity contribution in [3.63, 3.8) is 0 Å². The summed E-state index contributed by atoms with van der Waals surface area (Å²) in [6.45, 7) is 0. The monoisotopic (exact) mass is 283 g/mol. The van der Waals surface area contributed by atoms with Gasteiger partial charge >= 0.3 is 17.6 Å². The Labute approximate surface area is 113 Å². The van der Waals surface area contributed by atoms with Gasteiger partial charge < -0.3 is 19.6 Å². The predicted molar refractivity (Wildman–Crippen MR) is 65.1 cm³/mol. The van der Waals surface area contributed by atoms with E-state index in [1.165, 1.54) is 13.2 Å². The Morgan fingerprint density at radius 3 is 2.60 bits per heavy atom. The molecule has 0 saturated heterocycles. The Hall–Kier alpha value is -2.64. The molecule has 1 rings (SSSR count). The molecule has 1 unspecified atom stereocenters. The van der Waals surface area contributed by atoms with Crippen molar-refractivity contribution in [2.24, 2.45) is 0 Å². The van der Waals surface area contributed by atoms with Crippen molar-refractivity contribution in [1.29, 1.82) is 0 Å². The van der Waals surface area contributed by atoms with Crippen molar-refractivity contribution in [3.8, 4) is 0 Å². The highest BCUT2D eigenvalue weighted by Gasteiger charge is 2.22. The molecule has 1 aromatic heterocycles. The molecule has 20 heavy (non-hydrogen) atoms. The number of nitrogens with one attached hydrogen (secondary N) is 1. The summed E-state index contributed by atoms with van der Waals surface area (Å²) in [5.41, 5.74) is -0.615. The first-order valence-corrected chi connectivity index (χ1v) is 5.63. The van der Waals surface area contributed by atoms with E-state index < -0.39 is 29.5 Å². The van der Waals surface area contributed by atoms with E-state index >= 15 is 0 Å². The molecule has 1 heterocycles. The average molecular weight is 283 g/mol. The van der Waals surface area contributed by atoms with E-state index in [0.717, 1.165) is 12.3 Å². The lowest BCUT2D eigenvalue weighted by atomic mass is 10.1. The SMILES string of the molecule is COC(=O)CCC(NC(=O)c1ccc(=O)oc1)C(=O)O. The maximum absolute atomic E-state index is 11.7. The third-order valence-electron chi connectivity index (χ3n) is 2.43. The fourth-order valence-corrected chi connectivity index (χ4v) is 1.35. The number of carboxylic acid groups (broad SMARTS) is 1. The van der Waals surface area contributed by atoms with Gasteiger partial charge in [-0.3, -0.25) is 9.59 Å². The summed E-state index contributed by atoms with van der Waals surface area (Å²) in [5, 5.41) is 11.2. The van der Waals surface area contributed by atoms with Gasteiger partial charge in [-0.1, -0.05) is 0 Å². The van der Waals surface area contributed by atoms with E-state index in [9.17, 15) is 19.2 Å². The molecule has 0 aliphatic carbocycles. The Balaban J connectivity index is 2.67. The first-order valence-electron chi connectivity index (χ1n) is 5.63. The van der Waals surface area contributed by atoms with E-state index in [1.807, 2.05) is 0 Å². The average Bonchev–Trinajstić information content (AvgIpc) is 2.43. The molecular formula is C12H13NO7. The van der Waals surface area contributed by atoms with E-state index in [2.05, 4.69) is 14.5 Å². The van der Waals surface area contributed by atoms with Gasteiger partial charge in [0.15, 0.2) is 0 Å². The fraction of sp³-hybridized carbons (Fsp3) is 0.333. The minimum atomic E-state index is -1.28. The molecule has 0 bridgehead atoms. The summed E-state index contributed by atoms with van der Waals surface area (Å²) in [6.07, 6.45) is 0.680. The van der Waals surface area contributed by atoms with Gasteiger partial charge in [0.25, 0.3) is 5.91 Å². The zero-order valence-corrected chi connectivity index (χ0v) is 10.6. The highest BCUT2D eigenvalue weighted by Crippen LogP contribution is 2.02. The number of ether oxygens (including phenoxy) is 1. The van der Waals surface area contributed by atoms with E-state index in [1.54, 1.807) is 0 Å². The summed E-state index contributed by atoms with van der Waals surface area (Å²) >= 11 is 0. The lowest BCUT2D eigenvalue weighted by molar-refractivity contribution is -0.142. The van der Waals surface area contributed by atoms with Gasteiger partial charge in [0.2, 0.25) is 0 Å². The van der Waals surface area contributed by atoms with Crippen LogP contribution in [0.15, 0.2) is 27.6 Å². The van der Waals surface area contributed by atoms with E-state index in [4.69, 9.17) is 5.11 Å². The van der Waals surface area contributed by atoms with Crippen LogP contribution in [0.1, 0.15) is 23.2 Å². The second kappa shape index (κ2) is 7.07. The van der Waals surface area contributed by atoms with Crippen molar-refractivity contribution in [3.05, 3.63) is 34.4 Å². The standard InChI is InChI=1S/C12H13NO7/c1-19-9(14)5-3-8(12(17)18)13-11(16)7-2-4-10(15)20-6-7/h2,4,6,8H,3,5H2,1H3,(H,13,16)(H,17,18). The molecule has 0 fully saturated rings. The zero-order chi connectivity index (χ0) is 15.1. The van der Waals surface area contributed by atoms with Crippen LogP contribution < -0.4 is 10.9 Å². The van der Waals surface area contributed by atoms with Crippen molar-refractivity contribution in [1.82, 2.24) is 5.32 Å². The highest BCUT2D eigenvalue weighted by molar-refractivity contribution is 5.96. The van der Waals surface area contributed by atoms with Crippen LogP contribution in [-0.4, -0.2) is 36.1 Å². The van der Waals surface area contributed by atoms with Crippen LogP contribution in [-0.2, 0) is 14.3 Å². The minimum Gasteiger partial charge on any atom is -0.480 e. The molecule has 0 aliphatic rings. The highest BCUT2D eigenvalue weighted by atomic mass is 16.5. The summed E-state index contributed by atoms with van der Waals surface area (Å²) < 4.78 is 8.89. The van der Waals surface area contributed by atoms with Crippen LogP contribution in [0.5, 0.6) is 0 Å². The fourth-order valence-electron chi connectivity index (χ4n) is 1.35. The predicted octanol–water partition coefficient (Wildman–Crippen LogP) is -0.224. The second-order valence-electron chi connectivity index (χ2n) is 3.82. The van der Waals surface area contributed by atoms with Crippen molar-refractivity contribution < 1.29 is 28.6 Å². The van der Waals surface area contributed by atoms with Gasteiger partial charge in [-0.15, -0.1) is 0 Å². The van der Waals surface area contributed by atoms with Crippen LogP contribution in [0, 0.1) is 0 Å². The summed E-state index contributed by atoms with van der Waals surface area (Å²) in [7, 11) is 1.18. The number of carbonyl (C=O) groups is 3. The van der Waals surface area contributed by atoms with E-state index in [-0.39, 0.29) is 18.4 Å². The maximum Gasteiger partial charge on any atom is 0.335 e. The molecule has 0 aliphatic heterocycles. The third kappa shape index (κ3) is 4.56. The minimum absolute atomic E-state index is 0.00826. The summed E-state index contributed by atoms with van der Waals surface area (Å²) in [4.78, 5) is 44.4. The van der Waals surface area contributed by atoms with Crippen LogP contribution >= 0.6 is 0 Å². The molecule has 2 N–H and O–H groups in total. The molecule has 0 spiro atoms. The van der Waals surface area contributed by atoms with Crippen LogP contribution in [0.3, 0.4) is 0 Å². The van der Waals surface area contributed by atoms with Gasteiger partial charge in [-0.05, 0) is 12.5 Å². The van der Waals surface area contributed by atoms with E-state index in [0.29, 0.717) is 0 Å². The molecule has 0 saturated carbocycles. The zero-order valence-electron chi connectivity index (χ0n) is 10.6. The van der Waals surface area contributed by atoms with Gasteiger partial charge in [-0.2, -0.15) is 0 Å². The Morgan fingerprint density at radius 2 is 2.10 bits per heavy atom. The number of amides is 1. The molecule has 0 aromatic carbocycles. The number of aliphatic carboxylic acids is 1. The quantitative estimate of drug-likeness (QED) is 0.691. The number of rotatable bonds is 6. The topological polar surface area (TPSA) is 123 Å². The number of esters is 1. The molecule has 1 amide bonds. The molecule has 8 heteroatoms. The number of methoxy groups -OCH3 is 1. The summed E-state index contributed by atoms with van der Waals surface area (Å²) in [6, 6.07) is 1.01. The molecular weight excluding hydrogens is 270 g/mol. The molecule has 8 nitrogen and oxygen atoms in total. The third-order valence-corrected chi connectivity index (χ3v) is 2.43. The Kier molecular flexibility index (Phi) is 5.45.